The second-order valence-corrected chi connectivity index (χ2v) is 14.3. The molecule has 0 aliphatic rings. The zero-order chi connectivity index (χ0) is 33.4. The molecular formula is C34H33Cl4N3O4S. The van der Waals surface area contributed by atoms with Gasteiger partial charge in [-0.05, 0) is 79.1 Å². The van der Waals surface area contributed by atoms with Crippen molar-refractivity contribution in [1.29, 1.82) is 0 Å². The van der Waals surface area contributed by atoms with Crippen molar-refractivity contribution in [2.45, 2.75) is 50.2 Å². The fourth-order valence-corrected chi connectivity index (χ4v) is 6.91. The van der Waals surface area contributed by atoms with Crippen LogP contribution in [0.5, 0.6) is 0 Å². The van der Waals surface area contributed by atoms with Crippen LogP contribution in [-0.4, -0.2) is 43.8 Å². The lowest BCUT2D eigenvalue weighted by atomic mass is 10.0. The molecule has 0 aliphatic heterocycles. The SMILES string of the molecule is CC[C@H](C)NC(=O)[C@H](Cc1ccccc1)N(Cc1ccc(Cl)cc1Cl)C(=O)CN(c1cccc(Cl)c1)S(=O)(=O)c1ccc(Cl)cc1. The van der Waals surface area contributed by atoms with Gasteiger partial charge in [0.2, 0.25) is 11.8 Å². The molecule has 4 aromatic rings. The van der Waals surface area contributed by atoms with Crippen molar-refractivity contribution in [1.82, 2.24) is 10.2 Å². The number of nitrogens with zero attached hydrogens (tertiary/aromatic N) is 2. The van der Waals surface area contributed by atoms with Crippen LogP contribution < -0.4 is 9.62 Å². The van der Waals surface area contributed by atoms with E-state index in [0.29, 0.717) is 27.1 Å². The smallest absolute Gasteiger partial charge is 0.264 e. The number of rotatable bonds is 13. The third-order valence-corrected chi connectivity index (χ3v) is 10.3. The summed E-state index contributed by atoms with van der Waals surface area (Å²) >= 11 is 25.0. The predicted octanol–water partition coefficient (Wildman–Crippen LogP) is 8.05. The quantitative estimate of drug-likeness (QED) is 0.152. The summed E-state index contributed by atoms with van der Waals surface area (Å²) in [5.74, 6) is -1.02. The van der Waals surface area contributed by atoms with Gasteiger partial charge in [-0.1, -0.05) is 95.8 Å². The summed E-state index contributed by atoms with van der Waals surface area (Å²) in [4.78, 5) is 29.7. The number of benzene rings is 4. The van der Waals surface area contributed by atoms with E-state index in [-0.39, 0.29) is 40.5 Å². The molecule has 0 radical (unpaired) electrons. The number of amides is 2. The van der Waals surface area contributed by atoms with E-state index in [1.807, 2.05) is 44.2 Å². The Morgan fingerprint density at radius 2 is 1.46 bits per heavy atom. The molecule has 2 amide bonds. The Hall–Kier alpha value is -3.27. The van der Waals surface area contributed by atoms with Crippen molar-refractivity contribution in [3.05, 3.63) is 128 Å². The second kappa shape index (κ2) is 16.0. The number of carbonyl (C=O) groups excluding carboxylic acids is 2. The Morgan fingerprint density at radius 1 is 0.804 bits per heavy atom. The summed E-state index contributed by atoms with van der Waals surface area (Å²) in [6.07, 6.45) is 0.837. The largest absolute Gasteiger partial charge is 0.352 e. The zero-order valence-corrected chi connectivity index (χ0v) is 29.0. The minimum atomic E-state index is -4.31. The molecule has 4 rings (SSSR count). The van der Waals surface area contributed by atoms with Gasteiger partial charge in [0.15, 0.2) is 0 Å². The molecule has 46 heavy (non-hydrogen) atoms. The highest BCUT2D eigenvalue weighted by Crippen LogP contribution is 2.29. The molecule has 0 aromatic heterocycles. The van der Waals surface area contributed by atoms with E-state index in [9.17, 15) is 18.0 Å². The molecule has 242 valence electrons. The summed E-state index contributed by atoms with van der Waals surface area (Å²) in [6, 6.07) is 24.8. The van der Waals surface area contributed by atoms with Gasteiger partial charge in [-0.2, -0.15) is 0 Å². The molecular weight excluding hydrogens is 688 g/mol. The lowest BCUT2D eigenvalue weighted by molar-refractivity contribution is -0.140. The van der Waals surface area contributed by atoms with E-state index in [1.54, 1.807) is 36.4 Å². The molecule has 0 fully saturated rings. The van der Waals surface area contributed by atoms with Gasteiger partial charge < -0.3 is 10.2 Å². The van der Waals surface area contributed by atoms with E-state index in [4.69, 9.17) is 46.4 Å². The Bertz CT molecular complexity index is 1770. The highest BCUT2D eigenvalue weighted by atomic mass is 35.5. The van der Waals surface area contributed by atoms with E-state index in [1.165, 1.54) is 35.2 Å². The molecule has 0 saturated carbocycles. The fraction of sp³-hybridized carbons (Fsp3) is 0.235. The number of nitrogens with one attached hydrogen (secondary N) is 1. The molecule has 1 N–H and O–H groups in total. The number of hydrogen-bond acceptors (Lipinski definition) is 4. The third kappa shape index (κ3) is 9.17. The standard InChI is InChI=1S/C34H33Cl4N3O4S/c1-3-23(2)39-34(43)32(18-24-8-5-4-6-9-24)40(21-25-12-13-28(37)20-31(25)38)33(42)22-41(29-11-7-10-27(36)19-29)46(44,45)30-16-14-26(35)15-17-30/h4-17,19-20,23,32H,3,18,21-22H2,1-2H3,(H,39,43)/t23-,32-/m0/s1. The third-order valence-electron chi connectivity index (χ3n) is 7.40. The van der Waals surface area contributed by atoms with E-state index in [0.717, 1.165) is 9.87 Å². The maximum absolute atomic E-state index is 14.5. The van der Waals surface area contributed by atoms with Crippen molar-refractivity contribution in [3.8, 4) is 0 Å². The molecule has 2 atom stereocenters. The lowest BCUT2D eigenvalue weighted by Crippen LogP contribution is -2.54. The van der Waals surface area contributed by atoms with Gasteiger partial charge in [0.05, 0.1) is 10.6 Å². The number of halogens is 4. The molecule has 4 aromatic carbocycles. The molecule has 0 unspecified atom stereocenters. The first-order valence-corrected chi connectivity index (χ1v) is 17.5. The highest BCUT2D eigenvalue weighted by Gasteiger charge is 2.35. The van der Waals surface area contributed by atoms with Crippen molar-refractivity contribution in [2.75, 3.05) is 10.8 Å². The fourth-order valence-electron chi connectivity index (χ4n) is 4.72. The first-order valence-electron chi connectivity index (χ1n) is 14.5. The maximum atomic E-state index is 14.5. The lowest BCUT2D eigenvalue weighted by Gasteiger charge is -2.34. The van der Waals surface area contributed by atoms with Crippen LogP contribution in [0.1, 0.15) is 31.4 Å². The molecule has 0 heterocycles. The Balaban J connectivity index is 1.83. The van der Waals surface area contributed by atoms with Crippen molar-refractivity contribution in [2.24, 2.45) is 0 Å². The zero-order valence-electron chi connectivity index (χ0n) is 25.2. The van der Waals surface area contributed by atoms with Crippen molar-refractivity contribution in [3.63, 3.8) is 0 Å². The number of sulfonamides is 1. The predicted molar refractivity (Wildman–Crippen MR) is 186 cm³/mol. The normalized spacial score (nSPS) is 12.7. The number of hydrogen-bond donors (Lipinski definition) is 1. The Morgan fingerprint density at radius 3 is 2.09 bits per heavy atom. The van der Waals surface area contributed by atoms with Gasteiger partial charge in [0.1, 0.15) is 12.6 Å². The molecule has 0 aliphatic carbocycles. The number of carbonyl (C=O) groups is 2. The van der Waals surface area contributed by atoms with Crippen LogP contribution in [0.25, 0.3) is 0 Å². The highest BCUT2D eigenvalue weighted by molar-refractivity contribution is 7.92. The van der Waals surface area contributed by atoms with Crippen molar-refractivity contribution >= 4 is 73.9 Å². The summed E-state index contributed by atoms with van der Waals surface area (Å²) in [5.41, 5.74) is 1.51. The van der Waals surface area contributed by atoms with Crippen molar-refractivity contribution < 1.29 is 18.0 Å². The van der Waals surface area contributed by atoms with Crippen LogP contribution in [0, 0.1) is 0 Å². The monoisotopic (exact) mass is 719 g/mol. The van der Waals surface area contributed by atoms with Gasteiger partial charge in [0.25, 0.3) is 10.0 Å². The topological polar surface area (TPSA) is 86.8 Å². The second-order valence-electron chi connectivity index (χ2n) is 10.7. The van der Waals surface area contributed by atoms with Gasteiger partial charge in [0, 0.05) is 39.1 Å². The van der Waals surface area contributed by atoms with Crippen LogP contribution in [-0.2, 0) is 32.6 Å². The maximum Gasteiger partial charge on any atom is 0.264 e. The van der Waals surface area contributed by atoms with Gasteiger partial charge in [-0.3, -0.25) is 13.9 Å². The Kier molecular flexibility index (Phi) is 12.4. The van der Waals surface area contributed by atoms with Crippen LogP contribution in [0.3, 0.4) is 0 Å². The average molecular weight is 722 g/mol. The van der Waals surface area contributed by atoms with Gasteiger partial charge in [-0.25, -0.2) is 8.42 Å². The first-order chi connectivity index (χ1) is 21.9. The van der Waals surface area contributed by atoms with Crippen LogP contribution in [0.2, 0.25) is 20.1 Å². The molecule has 0 bridgehead atoms. The first kappa shape index (κ1) is 35.6. The molecule has 0 saturated heterocycles. The average Bonchev–Trinajstić information content (AvgIpc) is 3.02. The summed E-state index contributed by atoms with van der Waals surface area (Å²) in [6.45, 7) is 3.08. The van der Waals surface area contributed by atoms with Gasteiger partial charge >= 0.3 is 0 Å². The van der Waals surface area contributed by atoms with E-state index in [2.05, 4.69) is 5.32 Å². The number of anilines is 1. The minimum absolute atomic E-state index is 0.0766. The van der Waals surface area contributed by atoms with Crippen LogP contribution in [0.15, 0.2) is 102 Å². The summed E-state index contributed by atoms with van der Waals surface area (Å²) in [7, 11) is -4.31. The van der Waals surface area contributed by atoms with E-state index < -0.39 is 28.5 Å². The van der Waals surface area contributed by atoms with Crippen LogP contribution in [0.4, 0.5) is 5.69 Å². The van der Waals surface area contributed by atoms with Gasteiger partial charge in [-0.15, -0.1) is 0 Å². The van der Waals surface area contributed by atoms with E-state index >= 15 is 0 Å². The summed E-state index contributed by atoms with van der Waals surface area (Å²) < 4.78 is 29.2. The molecule has 12 heteroatoms. The molecule has 7 nitrogen and oxygen atoms in total. The summed E-state index contributed by atoms with van der Waals surface area (Å²) in [5, 5.41) is 4.34. The van der Waals surface area contributed by atoms with Crippen LogP contribution >= 0.6 is 46.4 Å². The Labute approximate surface area is 290 Å². The minimum Gasteiger partial charge on any atom is -0.352 e. The molecule has 0 spiro atoms.